The van der Waals surface area contributed by atoms with Crippen LogP contribution in [0.1, 0.15) is 19.8 Å². The van der Waals surface area contributed by atoms with Gasteiger partial charge in [-0.05, 0) is 48.6 Å². The van der Waals surface area contributed by atoms with E-state index in [4.69, 9.17) is 4.74 Å². The van der Waals surface area contributed by atoms with Gasteiger partial charge in [0.2, 0.25) is 5.83 Å². The van der Waals surface area contributed by atoms with Crippen molar-refractivity contribution < 1.29 is 17.9 Å². The highest BCUT2D eigenvalue weighted by molar-refractivity contribution is 5.51. The molecule has 0 fully saturated rings. The molecule has 0 amide bonds. The molecule has 0 heterocycles. The fourth-order valence-corrected chi connectivity index (χ4v) is 1.96. The van der Waals surface area contributed by atoms with E-state index in [1.807, 2.05) is 0 Å². The fourth-order valence-electron chi connectivity index (χ4n) is 1.96. The first kappa shape index (κ1) is 19.6. The third kappa shape index (κ3) is 5.30. The van der Waals surface area contributed by atoms with E-state index in [1.165, 1.54) is 18.2 Å². The normalized spacial score (nSPS) is 15.3. The molecular weight excluding hydrogens is 313 g/mol. The van der Waals surface area contributed by atoms with Gasteiger partial charge in [-0.3, -0.25) is 0 Å². The van der Waals surface area contributed by atoms with E-state index in [9.17, 15) is 13.2 Å². The van der Waals surface area contributed by atoms with Crippen LogP contribution in [0.2, 0.25) is 0 Å². The molecule has 0 radical (unpaired) electrons. The Morgan fingerprint density at radius 1 is 1.17 bits per heavy atom. The van der Waals surface area contributed by atoms with Gasteiger partial charge in [0, 0.05) is 5.57 Å². The molecule has 0 N–H and O–H groups in total. The van der Waals surface area contributed by atoms with Gasteiger partial charge < -0.3 is 4.74 Å². The summed E-state index contributed by atoms with van der Waals surface area (Å²) < 4.78 is 45.9. The van der Waals surface area contributed by atoms with Gasteiger partial charge in [-0.25, -0.2) is 8.78 Å². The summed E-state index contributed by atoms with van der Waals surface area (Å²) in [6, 6.07) is 0. The van der Waals surface area contributed by atoms with Crippen molar-refractivity contribution in [1.29, 1.82) is 0 Å². The summed E-state index contributed by atoms with van der Waals surface area (Å²) in [5, 5.41) is 0. The lowest BCUT2D eigenvalue weighted by atomic mass is 9.96. The Bertz CT molecular complexity index is 688. The van der Waals surface area contributed by atoms with Crippen molar-refractivity contribution in [3.8, 4) is 0 Å². The van der Waals surface area contributed by atoms with Crippen LogP contribution >= 0.6 is 0 Å². The first-order chi connectivity index (χ1) is 11.3. The average molecular weight is 334 g/mol. The van der Waals surface area contributed by atoms with E-state index in [1.54, 1.807) is 13.0 Å². The maximum atomic E-state index is 14.0. The maximum absolute atomic E-state index is 14.0. The zero-order valence-corrected chi connectivity index (χ0v) is 13.8. The number of ether oxygens (including phenoxy) is 1. The van der Waals surface area contributed by atoms with Crippen LogP contribution in [-0.4, -0.2) is 6.61 Å². The minimum atomic E-state index is -1.21. The summed E-state index contributed by atoms with van der Waals surface area (Å²) in [4.78, 5) is 0. The van der Waals surface area contributed by atoms with E-state index in [0.717, 1.165) is 5.57 Å². The lowest BCUT2D eigenvalue weighted by molar-refractivity contribution is 0.224. The van der Waals surface area contributed by atoms with Crippen molar-refractivity contribution in [2.75, 3.05) is 6.61 Å². The number of halogens is 3. The van der Waals surface area contributed by atoms with Gasteiger partial charge in [0.05, 0.1) is 6.61 Å². The standard InChI is InChI=1S/C20H21F3O/c1-6-24-16(5)20(23)19(22)15(4)13(2)10-11-14(3)17-8-7-9-18(21)12-17/h9-12H,2-8H2,1H3/b11-10-,20-19-. The molecule has 0 aromatic rings. The summed E-state index contributed by atoms with van der Waals surface area (Å²) in [7, 11) is 0. The number of hydrogen-bond acceptors (Lipinski definition) is 1. The van der Waals surface area contributed by atoms with Gasteiger partial charge in [-0.15, -0.1) is 0 Å². The van der Waals surface area contributed by atoms with Crippen molar-refractivity contribution >= 4 is 0 Å². The Morgan fingerprint density at radius 2 is 1.83 bits per heavy atom. The van der Waals surface area contributed by atoms with Crippen molar-refractivity contribution in [2.45, 2.75) is 19.8 Å². The average Bonchev–Trinajstić information content (AvgIpc) is 2.57. The number of rotatable bonds is 8. The van der Waals surface area contributed by atoms with Crippen LogP contribution in [-0.2, 0) is 4.74 Å². The van der Waals surface area contributed by atoms with Gasteiger partial charge in [0.1, 0.15) is 5.83 Å². The van der Waals surface area contributed by atoms with Gasteiger partial charge in [-0.1, -0.05) is 38.5 Å². The van der Waals surface area contributed by atoms with E-state index >= 15 is 0 Å². The molecule has 0 unspecified atom stereocenters. The molecule has 24 heavy (non-hydrogen) atoms. The molecule has 0 aromatic carbocycles. The first-order valence-corrected chi connectivity index (χ1v) is 7.47. The summed E-state index contributed by atoms with van der Waals surface area (Å²) in [5.74, 6) is -3.09. The van der Waals surface area contributed by atoms with Gasteiger partial charge in [0.15, 0.2) is 11.6 Å². The molecule has 1 nitrogen and oxygen atoms in total. The molecule has 0 saturated heterocycles. The summed E-state index contributed by atoms with van der Waals surface area (Å²) in [6.45, 7) is 16.1. The molecule has 0 aromatic heterocycles. The second-order valence-electron chi connectivity index (χ2n) is 5.14. The summed E-state index contributed by atoms with van der Waals surface area (Å²) >= 11 is 0. The van der Waals surface area contributed by atoms with E-state index in [-0.39, 0.29) is 23.6 Å². The van der Waals surface area contributed by atoms with Crippen LogP contribution in [0.15, 0.2) is 96.2 Å². The monoisotopic (exact) mass is 334 g/mol. The topological polar surface area (TPSA) is 9.23 Å². The molecule has 1 rings (SSSR count). The highest BCUT2D eigenvalue weighted by Crippen LogP contribution is 2.28. The first-order valence-electron chi connectivity index (χ1n) is 7.47. The molecule has 0 spiro atoms. The second kappa shape index (κ2) is 8.96. The summed E-state index contributed by atoms with van der Waals surface area (Å²) in [5.41, 5.74) is 1.27. The Kier molecular flexibility index (Phi) is 7.31. The fraction of sp³-hybridized carbons (Fsp3) is 0.200. The Labute approximate surface area is 141 Å². The van der Waals surface area contributed by atoms with Gasteiger partial charge in [0.25, 0.3) is 0 Å². The molecule has 128 valence electrons. The molecule has 0 aliphatic heterocycles. The smallest absolute Gasteiger partial charge is 0.200 e. The Balaban J connectivity index is 2.81. The SMILES string of the molecule is C=C(/C=C\C(=C)C1=CC(F)=CCC1)C(=C)/C(F)=C(/F)C(=C)OCC. The molecule has 1 aliphatic carbocycles. The van der Waals surface area contributed by atoms with Crippen LogP contribution < -0.4 is 0 Å². The zero-order valence-electron chi connectivity index (χ0n) is 13.8. The third-order valence-corrected chi connectivity index (χ3v) is 3.37. The third-order valence-electron chi connectivity index (χ3n) is 3.37. The van der Waals surface area contributed by atoms with Gasteiger partial charge >= 0.3 is 0 Å². The van der Waals surface area contributed by atoms with Crippen LogP contribution in [0.3, 0.4) is 0 Å². The van der Waals surface area contributed by atoms with E-state index in [0.29, 0.717) is 18.4 Å². The predicted molar refractivity (Wildman–Crippen MR) is 93.1 cm³/mol. The highest BCUT2D eigenvalue weighted by Gasteiger charge is 2.15. The van der Waals surface area contributed by atoms with E-state index < -0.39 is 17.4 Å². The largest absolute Gasteiger partial charge is 0.491 e. The van der Waals surface area contributed by atoms with Crippen LogP contribution in [0, 0.1) is 0 Å². The minimum Gasteiger partial charge on any atom is -0.491 e. The second-order valence-corrected chi connectivity index (χ2v) is 5.14. The molecule has 0 saturated carbocycles. The molecule has 4 heteroatoms. The van der Waals surface area contributed by atoms with Crippen molar-refractivity contribution in [2.24, 2.45) is 0 Å². The van der Waals surface area contributed by atoms with Crippen LogP contribution in [0.4, 0.5) is 13.2 Å². The quantitative estimate of drug-likeness (QED) is 0.364. The van der Waals surface area contributed by atoms with Crippen molar-refractivity contribution in [3.63, 3.8) is 0 Å². The molecular formula is C20H21F3O. The lowest BCUT2D eigenvalue weighted by Crippen LogP contribution is -1.96. The highest BCUT2D eigenvalue weighted by atomic mass is 19.2. The van der Waals surface area contributed by atoms with E-state index in [2.05, 4.69) is 26.3 Å². The number of hydrogen-bond donors (Lipinski definition) is 0. The lowest BCUT2D eigenvalue weighted by Gasteiger charge is -2.11. The van der Waals surface area contributed by atoms with Gasteiger partial charge in [-0.2, -0.15) is 4.39 Å². The molecule has 0 atom stereocenters. The van der Waals surface area contributed by atoms with Crippen molar-refractivity contribution in [3.05, 3.63) is 96.2 Å². The van der Waals surface area contributed by atoms with Crippen LogP contribution in [0.25, 0.3) is 0 Å². The summed E-state index contributed by atoms with van der Waals surface area (Å²) in [6.07, 6.45) is 7.19. The molecule has 1 aliphatic rings. The Morgan fingerprint density at radius 3 is 2.42 bits per heavy atom. The zero-order chi connectivity index (χ0) is 18.3. The minimum absolute atomic E-state index is 0.167. The Hall–Kier alpha value is -2.49. The van der Waals surface area contributed by atoms with Crippen molar-refractivity contribution in [1.82, 2.24) is 0 Å². The number of allylic oxidation sites excluding steroid dienone is 11. The molecule has 0 bridgehead atoms. The predicted octanol–water partition coefficient (Wildman–Crippen LogP) is 6.49. The maximum Gasteiger partial charge on any atom is 0.200 e. The van der Waals surface area contributed by atoms with Crippen LogP contribution in [0.5, 0.6) is 0 Å².